The minimum Gasteiger partial charge on any atom is -0.457 e. The molecule has 0 saturated carbocycles. The van der Waals surface area contributed by atoms with Crippen molar-refractivity contribution >= 4 is 70.9 Å². The number of rotatable bonds is 6. The number of benzene rings is 4. The van der Waals surface area contributed by atoms with E-state index >= 15 is 0 Å². The number of para-hydroxylation sites is 1. The lowest BCUT2D eigenvalue weighted by Crippen LogP contribution is -2.21. The van der Waals surface area contributed by atoms with E-state index in [2.05, 4.69) is 37.2 Å². The number of hydrogen-bond donors (Lipinski definition) is 1. The van der Waals surface area contributed by atoms with Crippen molar-refractivity contribution in [2.75, 3.05) is 5.32 Å². The molecule has 0 aliphatic carbocycles. The Bertz CT molecular complexity index is 2000. The van der Waals surface area contributed by atoms with Crippen LogP contribution in [-0.4, -0.2) is 10.9 Å². The Hall–Kier alpha value is -4.05. The number of amides is 1. The van der Waals surface area contributed by atoms with E-state index in [0.29, 0.717) is 22.0 Å². The van der Waals surface area contributed by atoms with E-state index in [1.807, 2.05) is 105 Å². The minimum absolute atomic E-state index is 0.205. The topological polar surface area (TPSA) is 76.7 Å². The van der Waals surface area contributed by atoms with Crippen LogP contribution in [0.15, 0.2) is 115 Å². The molecule has 0 spiro atoms. The summed E-state index contributed by atoms with van der Waals surface area (Å²) in [5.74, 6) is 1.14. The van der Waals surface area contributed by atoms with Crippen LogP contribution in [0.25, 0.3) is 22.2 Å². The lowest BCUT2D eigenvalue weighted by molar-refractivity contribution is 0.102. The van der Waals surface area contributed by atoms with E-state index in [0.717, 1.165) is 47.5 Å². The zero-order valence-corrected chi connectivity index (χ0v) is 26.5. The van der Waals surface area contributed by atoms with E-state index in [4.69, 9.17) is 19.1 Å². The van der Waals surface area contributed by atoms with Gasteiger partial charge in [-0.15, -0.1) is 11.3 Å². The summed E-state index contributed by atoms with van der Waals surface area (Å²) in [5, 5.41) is 4.19. The van der Waals surface area contributed by atoms with Crippen molar-refractivity contribution < 1.29 is 13.9 Å². The molecular formula is C33H23Br2N3O3S. The van der Waals surface area contributed by atoms with Crippen LogP contribution in [0.3, 0.4) is 0 Å². The standard InChI is InChI=1S/C33H23Br2N3O3S/c1-19-7-6-8-24(15-19)36-32-27(17-22-16-23(34)18-28(35)30(22)41-32)31(39)38-33-37-29(20(2)42-33)21-11-13-26(14-12-21)40-25-9-4-3-5-10-25/h3-18H,1-2H3,(H,37,38,39). The largest absolute Gasteiger partial charge is 0.457 e. The Kier molecular flexibility index (Phi) is 8.06. The molecule has 6 aromatic rings. The van der Waals surface area contributed by atoms with Gasteiger partial charge in [-0.1, -0.05) is 46.3 Å². The molecule has 6 nitrogen and oxygen atoms in total. The highest BCUT2D eigenvalue weighted by molar-refractivity contribution is 9.11. The lowest BCUT2D eigenvalue weighted by atomic mass is 10.1. The molecular weight excluding hydrogens is 678 g/mol. The molecule has 42 heavy (non-hydrogen) atoms. The summed E-state index contributed by atoms with van der Waals surface area (Å²) >= 11 is 8.50. The van der Waals surface area contributed by atoms with Crippen LogP contribution in [0, 0.1) is 13.8 Å². The predicted molar refractivity (Wildman–Crippen MR) is 175 cm³/mol. The molecule has 0 bridgehead atoms. The maximum absolute atomic E-state index is 13.7. The van der Waals surface area contributed by atoms with Gasteiger partial charge in [0.2, 0.25) is 5.55 Å². The molecule has 0 aliphatic heterocycles. The smallest absolute Gasteiger partial charge is 0.262 e. The summed E-state index contributed by atoms with van der Waals surface area (Å²) in [7, 11) is 0. The Morgan fingerprint density at radius 1 is 0.905 bits per heavy atom. The molecule has 2 heterocycles. The number of carbonyl (C=O) groups excluding carboxylic acids is 1. The van der Waals surface area contributed by atoms with Gasteiger partial charge in [0, 0.05) is 20.3 Å². The van der Waals surface area contributed by atoms with Gasteiger partial charge in [-0.2, -0.15) is 0 Å². The summed E-state index contributed by atoms with van der Waals surface area (Å²) in [4.78, 5) is 24.1. The van der Waals surface area contributed by atoms with Gasteiger partial charge < -0.3 is 9.15 Å². The Labute approximate surface area is 263 Å². The van der Waals surface area contributed by atoms with E-state index in [9.17, 15) is 4.79 Å². The highest BCUT2D eigenvalue weighted by Gasteiger charge is 2.18. The SMILES string of the molecule is Cc1cccc(N=c2oc3c(Br)cc(Br)cc3cc2C(=O)Nc2nc(-c3ccc(Oc4ccccc4)cc3)c(C)s2)c1. The first-order valence-electron chi connectivity index (χ1n) is 13.0. The minimum atomic E-state index is -0.366. The molecule has 0 radical (unpaired) electrons. The van der Waals surface area contributed by atoms with Crippen LogP contribution >= 0.6 is 43.2 Å². The molecule has 4 aromatic carbocycles. The van der Waals surface area contributed by atoms with E-state index in [1.165, 1.54) is 11.3 Å². The summed E-state index contributed by atoms with van der Waals surface area (Å²) in [6.45, 7) is 3.97. The third-order valence-electron chi connectivity index (χ3n) is 6.37. The third kappa shape index (κ3) is 6.23. The Morgan fingerprint density at radius 2 is 1.67 bits per heavy atom. The Balaban J connectivity index is 1.32. The fourth-order valence-electron chi connectivity index (χ4n) is 4.41. The summed E-state index contributed by atoms with van der Waals surface area (Å²) in [5.41, 5.74) is 4.55. The second-order valence-electron chi connectivity index (χ2n) is 9.54. The number of ether oxygens (including phenoxy) is 1. The molecule has 6 rings (SSSR count). The number of nitrogens with one attached hydrogen (secondary N) is 1. The van der Waals surface area contributed by atoms with Crippen LogP contribution in [0.2, 0.25) is 0 Å². The second kappa shape index (κ2) is 12.1. The highest BCUT2D eigenvalue weighted by atomic mass is 79.9. The van der Waals surface area contributed by atoms with Gasteiger partial charge in [0.05, 0.1) is 15.9 Å². The third-order valence-corrected chi connectivity index (χ3v) is 8.30. The van der Waals surface area contributed by atoms with Gasteiger partial charge in [-0.25, -0.2) is 9.98 Å². The monoisotopic (exact) mass is 699 g/mol. The molecule has 0 unspecified atom stereocenters. The van der Waals surface area contributed by atoms with E-state index < -0.39 is 0 Å². The zero-order valence-electron chi connectivity index (χ0n) is 22.5. The fraction of sp³-hybridized carbons (Fsp3) is 0.0606. The average molecular weight is 701 g/mol. The molecule has 2 aromatic heterocycles. The van der Waals surface area contributed by atoms with Gasteiger partial charge in [-0.3, -0.25) is 10.1 Å². The molecule has 0 aliphatic rings. The predicted octanol–water partition coefficient (Wildman–Crippen LogP) is 9.98. The van der Waals surface area contributed by atoms with Gasteiger partial charge in [0.15, 0.2) is 10.7 Å². The van der Waals surface area contributed by atoms with E-state index in [1.54, 1.807) is 6.07 Å². The molecule has 1 N–H and O–H groups in total. The molecule has 0 saturated heterocycles. The number of halogens is 2. The molecule has 0 fully saturated rings. The number of nitrogens with zero attached hydrogens (tertiary/aromatic N) is 2. The first kappa shape index (κ1) is 28.1. The number of aromatic nitrogens is 1. The summed E-state index contributed by atoms with van der Waals surface area (Å²) < 4.78 is 13.7. The van der Waals surface area contributed by atoms with Crippen molar-refractivity contribution in [3.8, 4) is 22.8 Å². The van der Waals surface area contributed by atoms with Gasteiger partial charge in [0.1, 0.15) is 17.1 Å². The lowest BCUT2D eigenvalue weighted by Gasteiger charge is -2.07. The van der Waals surface area contributed by atoms with Crippen molar-refractivity contribution in [1.29, 1.82) is 0 Å². The average Bonchev–Trinajstić information content (AvgIpc) is 3.33. The van der Waals surface area contributed by atoms with Crippen molar-refractivity contribution in [1.82, 2.24) is 4.98 Å². The number of thiazole rings is 1. The van der Waals surface area contributed by atoms with Crippen LogP contribution in [0.4, 0.5) is 10.8 Å². The van der Waals surface area contributed by atoms with Gasteiger partial charge in [0.25, 0.3) is 5.91 Å². The maximum atomic E-state index is 13.7. The molecule has 0 atom stereocenters. The number of fused-ring (bicyclic) bond motifs is 1. The molecule has 1 amide bonds. The summed E-state index contributed by atoms with van der Waals surface area (Å²) in [6, 6.07) is 30.7. The highest BCUT2D eigenvalue weighted by Crippen LogP contribution is 2.33. The summed E-state index contributed by atoms with van der Waals surface area (Å²) in [6.07, 6.45) is 0. The first-order valence-corrected chi connectivity index (χ1v) is 15.4. The Morgan fingerprint density at radius 3 is 2.43 bits per heavy atom. The van der Waals surface area contributed by atoms with Crippen molar-refractivity contribution in [3.63, 3.8) is 0 Å². The number of hydrogen-bond acceptors (Lipinski definition) is 6. The number of anilines is 1. The van der Waals surface area contributed by atoms with Gasteiger partial charge >= 0.3 is 0 Å². The van der Waals surface area contributed by atoms with Crippen LogP contribution < -0.4 is 15.6 Å². The van der Waals surface area contributed by atoms with Crippen molar-refractivity contribution in [2.24, 2.45) is 4.99 Å². The van der Waals surface area contributed by atoms with Crippen LogP contribution in [0.1, 0.15) is 20.8 Å². The number of aryl methyl sites for hydroxylation is 2. The fourth-order valence-corrected chi connectivity index (χ4v) is 6.58. The van der Waals surface area contributed by atoms with Crippen LogP contribution in [0.5, 0.6) is 11.5 Å². The molecule has 208 valence electrons. The number of carbonyl (C=O) groups is 1. The van der Waals surface area contributed by atoms with Gasteiger partial charge in [-0.05, 0) is 102 Å². The normalized spacial score (nSPS) is 11.6. The van der Waals surface area contributed by atoms with Crippen molar-refractivity contribution in [3.05, 3.63) is 128 Å². The maximum Gasteiger partial charge on any atom is 0.262 e. The quantitative estimate of drug-likeness (QED) is 0.188. The van der Waals surface area contributed by atoms with Crippen molar-refractivity contribution in [2.45, 2.75) is 13.8 Å². The second-order valence-corrected chi connectivity index (χ2v) is 12.5. The van der Waals surface area contributed by atoms with Crippen LogP contribution in [-0.2, 0) is 0 Å². The van der Waals surface area contributed by atoms with E-state index in [-0.39, 0.29) is 11.5 Å². The molecule has 9 heteroatoms. The zero-order chi connectivity index (χ0) is 29.2. The first-order chi connectivity index (χ1) is 20.3.